The monoisotopic (exact) mass is 689 g/mol. The van der Waals surface area contributed by atoms with E-state index in [1.54, 1.807) is 0 Å². The van der Waals surface area contributed by atoms with E-state index >= 15 is 0 Å². The van der Waals surface area contributed by atoms with Gasteiger partial charge < -0.3 is 0 Å². The van der Waals surface area contributed by atoms with Crippen molar-refractivity contribution in [3.05, 3.63) is 188 Å². The summed E-state index contributed by atoms with van der Waals surface area (Å²) in [6, 6.07) is 63.1. The first-order valence-corrected chi connectivity index (χ1v) is 18.0. The van der Waals surface area contributed by atoms with Crippen LogP contribution in [0, 0.1) is 0 Å². The SMILES string of the molecule is c1ccc(-c2cccc(-c3nc(-c4ccc(-c5ccc6ccccc6c5)cc4)nc(-c4ccc5ccc(-c6ccc7ncccc7c6)cc5n4)n3)c2)cc1. The molecule has 5 heteroatoms. The van der Waals surface area contributed by atoms with Crippen molar-refractivity contribution < 1.29 is 0 Å². The van der Waals surface area contributed by atoms with Crippen molar-refractivity contribution in [2.45, 2.75) is 0 Å². The van der Waals surface area contributed by atoms with Crippen LogP contribution in [0.15, 0.2) is 188 Å². The molecule has 0 atom stereocenters. The standard InChI is InChI=1S/C49H31N5/c1-2-8-32(9-3-1)38-12-6-13-43(30-38)48-52-47(36-19-15-34(16-20-36)39-21-17-33-10-4-5-11-37(33)28-39)53-49(54-48)45-26-23-35-18-22-41(31-46(35)51-45)40-24-25-44-42(29-40)14-7-27-50-44/h1-31H. The van der Waals surface area contributed by atoms with Gasteiger partial charge in [0.15, 0.2) is 17.5 Å². The number of benzene rings is 7. The summed E-state index contributed by atoms with van der Waals surface area (Å²) in [7, 11) is 0. The summed E-state index contributed by atoms with van der Waals surface area (Å²) in [4.78, 5) is 24.8. The van der Waals surface area contributed by atoms with Gasteiger partial charge in [-0.2, -0.15) is 0 Å². The number of nitrogens with zero attached hydrogens (tertiary/aromatic N) is 5. The zero-order valence-corrected chi connectivity index (χ0v) is 29.1. The van der Waals surface area contributed by atoms with E-state index in [2.05, 4.69) is 169 Å². The van der Waals surface area contributed by atoms with Gasteiger partial charge in [0.05, 0.1) is 11.0 Å². The van der Waals surface area contributed by atoms with Crippen LogP contribution in [-0.4, -0.2) is 24.9 Å². The Hall–Kier alpha value is -7.37. The highest BCUT2D eigenvalue weighted by Crippen LogP contribution is 2.32. The number of fused-ring (bicyclic) bond motifs is 3. The highest BCUT2D eigenvalue weighted by molar-refractivity contribution is 5.90. The summed E-state index contributed by atoms with van der Waals surface area (Å²) in [5.74, 6) is 1.69. The van der Waals surface area contributed by atoms with Gasteiger partial charge in [-0.3, -0.25) is 4.98 Å². The van der Waals surface area contributed by atoms with E-state index in [-0.39, 0.29) is 0 Å². The quantitative estimate of drug-likeness (QED) is 0.174. The molecule has 10 aromatic rings. The molecule has 0 aliphatic carbocycles. The maximum absolute atomic E-state index is 5.14. The van der Waals surface area contributed by atoms with E-state index < -0.39 is 0 Å². The lowest BCUT2D eigenvalue weighted by Crippen LogP contribution is -2.01. The molecule has 5 nitrogen and oxygen atoms in total. The second-order valence-corrected chi connectivity index (χ2v) is 13.4. The van der Waals surface area contributed by atoms with E-state index in [1.165, 1.54) is 10.8 Å². The third kappa shape index (κ3) is 6.04. The predicted octanol–water partition coefficient (Wildman–Crippen LogP) is 12.1. The molecule has 0 saturated heterocycles. The molecule has 0 unspecified atom stereocenters. The lowest BCUT2D eigenvalue weighted by atomic mass is 10.00. The second-order valence-electron chi connectivity index (χ2n) is 13.4. The molecule has 0 spiro atoms. The van der Waals surface area contributed by atoms with Crippen LogP contribution in [0.25, 0.3) is 100 Å². The first-order chi connectivity index (χ1) is 26.7. The molecule has 0 saturated carbocycles. The molecule has 3 aromatic heterocycles. The van der Waals surface area contributed by atoms with Gasteiger partial charge in [0.2, 0.25) is 0 Å². The van der Waals surface area contributed by atoms with E-state index in [1.807, 2.05) is 24.4 Å². The van der Waals surface area contributed by atoms with Gasteiger partial charge >= 0.3 is 0 Å². The highest BCUT2D eigenvalue weighted by atomic mass is 15.0. The minimum absolute atomic E-state index is 0.516. The Kier molecular flexibility index (Phi) is 7.73. The van der Waals surface area contributed by atoms with E-state index in [0.717, 1.165) is 66.3 Å². The van der Waals surface area contributed by atoms with Crippen LogP contribution in [0.4, 0.5) is 0 Å². The van der Waals surface area contributed by atoms with Gasteiger partial charge in [-0.05, 0) is 86.6 Å². The van der Waals surface area contributed by atoms with Gasteiger partial charge in [-0.1, -0.05) is 140 Å². The summed E-state index contributed by atoms with van der Waals surface area (Å²) < 4.78 is 0. The second kappa shape index (κ2) is 13.3. The Morgan fingerprint density at radius 2 is 0.815 bits per heavy atom. The summed E-state index contributed by atoms with van der Waals surface area (Å²) in [6.45, 7) is 0. The average molecular weight is 690 g/mol. The topological polar surface area (TPSA) is 64.5 Å². The zero-order chi connectivity index (χ0) is 35.8. The molecule has 0 amide bonds. The normalized spacial score (nSPS) is 11.3. The number of hydrogen-bond acceptors (Lipinski definition) is 5. The predicted molar refractivity (Wildman–Crippen MR) is 221 cm³/mol. The molecule has 0 bridgehead atoms. The van der Waals surface area contributed by atoms with Crippen molar-refractivity contribution >= 4 is 32.6 Å². The lowest BCUT2D eigenvalue weighted by molar-refractivity contribution is 1.06. The molecule has 0 N–H and O–H groups in total. The lowest BCUT2D eigenvalue weighted by Gasteiger charge is -2.11. The van der Waals surface area contributed by atoms with E-state index in [9.17, 15) is 0 Å². The average Bonchev–Trinajstić information content (AvgIpc) is 3.26. The molecular weight excluding hydrogens is 659 g/mol. The Morgan fingerprint density at radius 1 is 0.259 bits per heavy atom. The molecule has 0 radical (unpaired) electrons. The fraction of sp³-hybridized carbons (Fsp3) is 0. The minimum Gasteiger partial charge on any atom is -0.256 e. The van der Waals surface area contributed by atoms with Crippen LogP contribution in [-0.2, 0) is 0 Å². The van der Waals surface area contributed by atoms with Crippen LogP contribution in [0.2, 0.25) is 0 Å². The molecule has 0 aliphatic rings. The maximum Gasteiger partial charge on any atom is 0.182 e. The number of pyridine rings is 2. The van der Waals surface area contributed by atoms with E-state index in [4.69, 9.17) is 19.9 Å². The number of hydrogen-bond donors (Lipinski definition) is 0. The molecule has 0 fully saturated rings. The Bertz CT molecular complexity index is 2990. The Labute approximate surface area is 312 Å². The highest BCUT2D eigenvalue weighted by Gasteiger charge is 2.15. The molecule has 54 heavy (non-hydrogen) atoms. The van der Waals surface area contributed by atoms with Crippen LogP contribution < -0.4 is 0 Å². The smallest absolute Gasteiger partial charge is 0.182 e. The number of rotatable bonds is 6. The maximum atomic E-state index is 5.14. The van der Waals surface area contributed by atoms with Crippen molar-refractivity contribution in [2.24, 2.45) is 0 Å². The van der Waals surface area contributed by atoms with Crippen molar-refractivity contribution in [1.82, 2.24) is 24.9 Å². The van der Waals surface area contributed by atoms with Crippen LogP contribution in [0.1, 0.15) is 0 Å². The Balaban J connectivity index is 1.07. The summed E-state index contributed by atoms with van der Waals surface area (Å²) >= 11 is 0. The molecular formula is C49H31N5. The van der Waals surface area contributed by atoms with Gasteiger partial charge in [-0.25, -0.2) is 19.9 Å². The van der Waals surface area contributed by atoms with Crippen LogP contribution >= 0.6 is 0 Å². The minimum atomic E-state index is 0.516. The molecule has 7 aromatic carbocycles. The largest absolute Gasteiger partial charge is 0.256 e. The molecule has 10 rings (SSSR count). The summed E-state index contributed by atoms with van der Waals surface area (Å²) in [5, 5.41) is 4.58. The van der Waals surface area contributed by atoms with Gasteiger partial charge in [0.25, 0.3) is 0 Å². The van der Waals surface area contributed by atoms with Crippen molar-refractivity contribution in [1.29, 1.82) is 0 Å². The molecule has 252 valence electrons. The molecule has 0 aliphatic heterocycles. The van der Waals surface area contributed by atoms with Crippen molar-refractivity contribution in [2.75, 3.05) is 0 Å². The van der Waals surface area contributed by atoms with Crippen molar-refractivity contribution in [3.63, 3.8) is 0 Å². The van der Waals surface area contributed by atoms with Crippen molar-refractivity contribution in [3.8, 4) is 67.7 Å². The van der Waals surface area contributed by atoms with Crippen LogP contribution in [0.5, 0.6) is 0 Å². The third-order valence-electron chi connectivity index (χ3n) is 9.95. The first-order valence-electron chi connectivity index (χ1n) is 18.0. The van der Waals surface area contributed by atoms with Gasteiger partial charge in [-0.15, -0.1) is 0 Å². The fourth-order valence-electron chi connectivity index (χ4n) is 7.07. The van der Waals surface area contributed by atoms with E-state index in [0.29, 0.717) is 23.2 Å². The zero-order valence-electron chi connectivity index (χ0n) is 29.1. The summed E-state index contributed by atoms with van der Waals surface area (Å²) in [5.41, 5.74) is 11.0. The Morgan fingerprint density at radius 3 is 1.69 bits per heavy atom. The third-order valence-corrected chi connectivity index (χ3v) is 9.95. The van der Waals surface area contributed by atoms with Crippen LogP contribution in [0.3, 0.4) is 0 Å². The van der Waals surface area contributed by atoms with Gasteiger partial charge in [0.1, 0.15) is 5.69 Å². The molecule has 3 heterocycles. The first kappa shape index (κ1) is 31.4. The van der Waals surface area contributed by atoms with Gasteiger partial charge in [0, 0.05) is 28.1 Å². The fourth-order valence-corrected chi connectivity index (χ4v) is 7.07. The summed E-state index contributed by atoms with van der Waals surface area (Å²) in [6.07, 6.45) is 1.82. The number of aromatic nitrogens is 5.